The number of tetrazole rings is 1. The van der Waals surface area contributed by atoms with Gasteiger partial charge in [0.1, 0.15) is 0 Å². The molecule has 0 aliphatic rings. The molecule has 12 heavy (non-hydrogen) atoms. The first-order valence-corrected chi connectivity index (χ1v) is 3.09. The predicted molar refractivity (Wildman–Crippen MR) is 33.1 cm³/mol. The van der Waals surface area contributed by atoms with Crippen LogP contribution in [0, 0.1) is 0 Å². The second-order valence-corrected chi connectivity index (χ2v) is 2.03. The summed E-state index contributed by atoms with van der Waals surface area (Å²) in [7, 11) is 0. The molecule has 1 rings (SSSR count). The number of alkyl halides is 2. The van der Waals surface area contributed by atoms with Gasteiger partial charge in [-0.15, -0.1) is 10.2 Å². The number of aromatic nitrogens is 4. The van der Waals surface area contributed by atoms with Crippen LogP contribution in [0.5, 0.6) is 0 Å². The third kappa shape index (κ3) is 1.71. The quantitative estimate of drug-likeness (QED) is 0.625. The van der Waals surface area contributed by atoms with Gasteiger partial charge in [0.2, 0.25) is 0 Å². The number of rotatable bonds is 3. The molecule has 68 valence electrons. The van der Waals surface area contributed by atoms with Crippen LogP contribution in [-0.4, -0.2) is 31.9 Å². The zero-order valence-corrected chi connectivity index (χ0v) is 5.93. The maximum Gasteiger partial charge on any atom is 0.350 e. The van der Waals surface area contributed by atoms with Crippen LogP contribution in [0.25, 0.3) is 0 Å². The van der Waals surface area contributed by atoms with Crippen LogP contribution in [-0.2, 0) is 0 Å². The van der Waals surface area contributed by atoms with Crippen molar-refractivity contribution in [3.63, 3.8) is 0 Å². The molecule has 0 saturated carbocycles. The van der Waals surface area contributed by atoms with Gasteiger partial charge in [0.05, 0.1) is 12.6 Å². The Morgan fingerprint density at radius 1 is 1.58 bits per heavy atom. The van der Waals surface area contributed by atoms with Gasteiger partial charge in [-0.1, -0.05) is 4.80 Å². The second-order valence-electron chi connectivity index (χ2n) is 2.03. The van der Waals surface area contributed by atoms with Crippen molar-refractivity contribution in [1.29, 1.82) is 0 Å². The van der Waals surface area contributed by atoms with Gasteiger partial charge in [-0.2, -0.15) is 8.78 Å². The predicted octanol–water partition coefficient (Wildman–Crippen LogP) is -0.940. The first-order chi connectivity index (χ1) is 5.65. The highest BCUT2D eigenvalue weighted by Crippen LogP contribution is 2.06. The maximum absolute atomic E-state index is 11.8. The van der Waals surface area contributed by atoms with Gasteiger partial charge >= 0.3 is 6.55 Å². The molecule has 6 nitrogen and oxygen atoms in total. The molecule has 0 aromatic carbocycles. The van der Waals surface area contributed by atoms with E-state index < -0.39 is 19.2 Å². The molecule has 0 aliphatic heterocycles. The number of nitrogens with zero attached hydrogens (tertiary/aromatic N) is 4. The van der Waals surface area contributed by atoms with Crippen LogP contribution in [0.15, 0.2) is 0 Å². The van der Waals surface area contributed by atoms with Crippen molar-refractivity contribution in [3.8, 4) is 0 Å². The van der Waals surface area contributed by atoms with Crippen molar-refractivity contribution < 1.29 is 13.9 Å². The molecule has 0 saturated heterocycles. The Bertz CT molecular complexity index is 251. The molecule has 1 aromatic heterocycles. The SMILES string of the molecule is N[C@@H](CO)c1nnn(C(F)F)n1. The Balaban J connectivity index is 2.77. The van der Waals surface area contributed by atoms with E-state index in [0.29, 0.717) is 0 Å². The standard InChI is InChI=1S/C4H7F2N5O/c5-4(6)11-9-3(8-10-11)2(7)1-12/h2,4,12H,1,7H2/t2-/m0/s1. The third-order valence-electron chi connectivity index (χ3n) is 1.15. The molecular weight excluding hydrogens is 172 g/mol. The minimum Gasteiger partial charge on any atom is -0.394 e. The average molecular weight is 179 g/mol. The number of aliphatic hydroxyl groups excluding tert-OH is 1. The van der Waals surface area contributed by atoms with E-state index in [1.165, 1.54) is 0 Å². The summed E-state index contributed by atoms with van der Waals surface area (Å²) in [5.41, 5.74) is 5.23. The van der Waals surface area contributed by atoms with E-state index in [9.17, 15) is 8.78 Å². The monoisotopic (exact) mass is 179 g/mol. The van der Waals surface area contributed by atoms with E-state index in [2.05, 4.69) is 15.4 Å². The van der Waals surface area contributed by atoms with Crippen molar-refractivity contribution in [1.82, 2.24) is 20.2 Å². The van der Waals surface area contributed by atoms with Gasteiger partial charge in [0.15, 0.2) is 5.82 Å². The molecule has 0 bridgehead atoms. The van der Waals surface area contributed by atoms with Crippen LogP contribution in [0.2, 0.25) is 0 Å². The lowest BCUT2D eigenvalue weighted by molar-refractivity contribution is 0.0392. The first kappa shape index (κ1) is 8.94. The van der Waals surface area contributed by atoms with Gasteiger partial charge in [-0.3, -0.25) is 0 Å². The van der Waals surface area contributed by atoms with Crippen molar-refractivity contribution in [2.24, 2.45) is 5.73 Å². The molecule has 0 fully saturated rings. The first-order valence-electron chi connectivity index (χ1n) is 3.09. The topological polar surface area (TPSA) is 89.9 Å². The lowest BCUT2D eigenvalue weighted by Crippen LogP contribution is -2.16. The van der Waals surface area contributed by atoms with Gasteiger partial charge in [-0.05, 0) is 5.21 Å². The average Bonchev–Trinajstić information content (AvgIpc) is 2.51. The minimum atomic E-state index is -2.84. The Labute approximate surface area is 66.0 Å². The molecule has 1 heterocycles. The van der Waals surface area contributed by atoms with Crippen LogP contribution in [0.4, 0.5) is 8.78 Å². The van der Waals surface area contributed by atoms with E-state index in [1.54, 1.807) is 0 Å². The number of halogens is 2. The Morgan fingerprint density at radius 3 is 2.67 bits per heavy atom. The summed E-state index contributed by atoms with van der Waals surface area (Å²) >= 11 is 0. The maximum atomic E-state index is 11.8. The fourth-order valence-electron chi connectivity index (χ4n) is 0.549. The number of hydrogen-bond donors (Lipinski definition) is 2. The zero-order valence-electron chi connectivity index (χ0n) is 5.93. The number of aliphatic hydroxyl groups is 1. The van der Waals surface area contributed by atoms with Crippen LogP contribution in [0.3, 0.4) is 0 Å². The van der Waals surface area contributed by atoms with E-state index >= 15 is 0 Å². The highest BCUT2D eigenvalue weighted by atomic mass is 19.3. The third-order valence-corrected chi connectivity index (χ3v) is 1.15. The lowest BCUT2D eigenvalue weighted by atomic mass is 10.3. The fourth-order valence-corrected chi connectivity index (χ4v) is 0.549. The van der Waals surface area contributed by atoms with Gasteiger partial charge in [0.25, 0.3) is 0 Å². The summed E-state index contributed by atoms with van der Waals surface area (Å²) in [6, 6.07) is -0.863. The van der Waals surface area contributed by atoms with Crippen molar-refractivity contribution in [3.05, 3.63) is 5.82 Å². The molecule has 0 spiro atoms. The summed E-state index contributed by atoms with van der Waals surface area (Å²) in [4.78, 5) is 0.130. The van der Waals surface area contributed by atoms with Crippen molar-refractivity contribution >= 4 is 0 Å². The minimum absolute atomic E-state index is 0.0993. The smallest absolute Gasteiger partial charge is 0.350 e. The van der Waals surface area contributed by atoms with E-state index in [1.807, 2.05) is 0 Å². The molecule has 0 radical (unpaired) electrons. The molecule has 8 heteroatoms. The van der Waals surface area contributed by atoms with E-state index in [0.717, 1.165) is 0 Å². The van der Waals surface area contributed by atoms with Crippen LogP contribution >= 0.6 is 0 Å². The summed E-state index contributed by atoms with van der Waals surface area (Å²) in [6.07, 6.45) is 0. The van der Waals surface area contributed by atoms with Crippen LogP contribution < -0.4 is 5.73 Å². The lowest BCUT2D eigenvalue weighted by Gasteiger charge is -1.99. The molecule has 3 N–H and O–H groups in total. The molecule has 1 atom stereocenters. The summed E-state index contributed by atoms with van der Waals surface area (Å²) in [5, 5.41) is 18.0. The van der Waals surface area contributed by atoms with Gasteiger partial charge < -0.3 is 10.8 Å². The fraction of sp³-hybridized carbons (Fsp3) is 0.750. The van der Waals surface area contributed by atoms with E-state index in [4.69, 9.17) is 10.8 Å². The molecular formula is C4H7F2N5O. The zero-order chi connectivity index (χ0) is 9.14. The van der Waals surface area contributed by atoms with Gasteiger partial charge in [0, 0.05) is 0 Å². The Morgan fingerprint density at radius 2 is 2.25 bits per heavy atom. The summed E-state index contributed by atoms with van der Waals surface area (Å²) in [5.74, 6) is -0.0993. The summed E-state index contributed by atoms with van der Waals surface area (Å²) < 4.78 is 23.7. The number of nitrogens with two attached hydrogens (primary N) is 1. The largest absolute Gasteiger partial charge is 0.394 e. The van der Waals surface area contributed by atoms with Crippen molar-refractivity contribution in [2.75, 3.05) is 6.61 Å². The summed E-state index contributed by atoms with van der Waals surface area (Å²) in [6.45, 7) is -3.24. The Hall–Kier alpha value is -1.15. The van der Waals surface area contributed by atoms with Crippen molar-refractivity contribution in [2.45, 2.75) is 12.6 Å². The Kier molecular flexibility index (Phi) is 2.61. The highest BCUT2D eigenvalue weighted by molar-refractivity contribution is 4.86. The molecule has 0 unspecified atom stereocenters. The van der Waals surface area contributed by atoms with E-state index in [-0.39, 0.29) is 10.6 Å². The highest BCUT2D eigenvalue weighted by Gasteiger charge is 2.15. The second kappa shape index (κ2) is 3.50. The van der Waals surface area contributed by atoms with Gasteiger partial charge in [-0.25, -0.2) is 0 Å². The normalized spacial score (nSPS) is 13.8. The molecule has 0 aliphatic carbocycles. The molecule has 0 amide bonds. The number of hydrogen-bond acceptors (Lipinski definition) is 5. The van der Waals surface area contributed by atoms with Crippen LogP contribution in [0.1, 0.15) is 18.4 Å². The molecule has 1 aromatic rings.